The summed E-state index contributed by atoms with van der Waals surface area (Å²) in [5, 5.41) is 4.43. The van der Waals surface area contributed by atoms with Gasteiger partial charge in [-0.15, -0.1) is 11.3 Å². The van der Waals surface area contributed by atoms with Gasteiger partial charge in [0.15, 0.2) is 0 Å². The van der Waals surface area contributed by atoms with Crippen molar-refractivity contribution in [3.63, 3.8) is 0 Å². The Labute approximate surface area is 124 Å². The molecule has 0 amide bonds. The highest BCUT2D eigenvalue weighted by Crippen LogP contribution is 2.35. The van der Waals surface area contributed by atoms with Gasteiger partial charge in [0.25, 0.3) is 0 Å². The zero-order chi connectivity index (χ0) is 13.2. The highest BCUT2D eigenvalue weighted by atomic mass is 79.9. The number of para-hydroxylation sites is 1. The second-order valence-corrected chi connectivity index (χ2v) is 6.60. The molecule has 2 aromatic heterocycles. The minimum absolute atomic E-state index is 0.212. The summed E-state index contributed by atoms with van der Waals surface area (Å²) in [6.45, 7) is 2.13. The van der Waals surface area contributed by atoms with Gasteiger partial charge in [0.1, 0.15) is 0 Å². The molecule has 0 saturated heterocycles. The number of hydrogen-bond acceptors (Lipinski definition) is 2. The standard InChI is InChI=1S/C15H13BrN2S/c1-11-7-8-14(19-11)15(16)12-9-17-18(10-12)13-5-3-2-4-6-13/h2-10,15H,1H3. The van der Waals surface area contributed by atoms with Crippen LogP contribution < -0.4 is 0 Å². The molecule has 2 nitrogen and oxygen atoms in total. The number of thiophene rings is 1. The van der Waals surface area contributed by atoms with Crippen LogP contribution in [0.1, 0.15) is 20.1 Å². The van der Waals surface area contributed by atoms with Gasteiger partial charge in [0, 0.05) is 21.5 Å². The van der Waals surface area contributed by atoms with Crippen molar-refractivity contribution < 1.29 is 0 Å². The Morgan fingerprint density at radius 3 is 2.63 bits per heavy atom. The minimum atomic E-state index is 0.212. The van der Waals surface area contributed by atoms with Crippen LogP contribution in [0.25, 0.3) is 5.69 Å². The molecule has 0 fully saturated rings. The van der Waals surface area contributed by atoms with Crippen LogP contribution in [0.3, 0.4) is 0 Å². The molecule has 0 aliphatic carbocycles. The van der Waals surface area contributed by atoms with Gasteiger partial charge < -0.3 is 0 Å². The van der Waals surface area contributed by atoms with Gasteiger partial charge in [-0.3, -0.25) is 0 Å². The van der Waals surface area contributed by atoms with Crippen molar-refractivity contribution in [2.75, 3.05) is 0 Å². The van der Waals surface area contributed by atoms with E-state index in [-0.39, 0.29) is 4.83 Å². The summed E-state index contributed by atoms with van der Waals surface area (Å²) in [6, 6.07) is 14.5. The molecule has 0 radical (unpaired) electrons. The molecule has 19 heavy (non-hydrogen) atoms. The monoisotopic (exact) mass is 332 g/mol. The Bertz CT molecular complexity index is 672. The van der Waals surface area contributed by atoms with Gasteiger partial charge in [0.05, 0.1) is 16.7 Å². The molecule has 3 aromatic rings. The molecule has 0 N–H and O–H groups in total. The van der Waals surface area contributed by atoms with Crippen LogP contribution >= 0.6 is 27.3 Å². The fourth-order valence-corrected chi connectivity index (χ4v) is 3.50. The predicted molar refractivity (Wildman–Crippen MR) is 83.4 cm³/mol. The second-order valence-electron chi connectivity index (χ2n) is 4.36. The van der Waals surface area contributed by atoms with Gasteiger partial charge in [0.2, 0.25) is 0 Å². The molecule has 0 spiro atoms. The Balaban J connectivity index is 1.89. The van der Waals surface area contributed by atoms with E-state index >= 15 is 0 Å². The van der Waals surface area contributed by atoms with E-state index in [4.69, 9.17) is 0 Å². The van der Waals surface area contributed by atoms with E-state index in [1.165, 1.54) is 15.3 Å². The van der Waals surface area contributed by atoms with E-state index in [1.54, 1.807) is 0 Å². The number of hydrogen-bond donors (Lipinski definition) is 0. The van der Waals surface area contributed by atoms with Crippen LogP contribution in [0.15, 0.2) is 54.9 Å². The Morgan fingerprint density at radius 2 is 1.95 bits per heavy atom. The first kappa shape index (κ1) is 12.6. The van der Waals surface area contributed by atoms with E-state index < -0.39 is 0 Å². The molecular formula is C15H13BrN2S. The lowest BCUT2D eigenvalue weighted by Gasteiger charge is -2.04. The maximum Gasteiger partial charge on any atom is 0.0768 e. The van der Waals surface area contributed by atoms with Crippen LogP contribution in [0.2, 0.25) is 0 Å². The zero-order valence-corrected chi connectivity index (χ0v) is 12.9. The van der Waals surface area contributed by atoms with Crippen LogP contribution in [0.4, 0.5) is 0 Å². The van der Waals surface area contributed by atoms with E-state index in [1.807, 2.05) is 40.4 Å². The fourth-order valence-electron chi connectivity index (χ4n) is 1.94. The fraction of sp³-hybridized carbons (Fsp3) is 0.133. The van der Waals surface area contributed by atoms with Crippen molar-refractivity contribution in [1.29, 1.82) is 0 Å². The van der Waals surface area contributed by atoms with Crippen LogP contribution in [0, 0.1) is 6.92 Å². The van der Waals surface area contributed by atoms with Gasteiger partial charge in [-0.2, -0.15) is 5.10 Å². The van der Waals surface area contributed by atoms with Crippen molar-refractivity contribution in [3.05, 3.63) is 70.2 Å². The number of aryl methyl sites for hydroxylation is 1. The summed E-state index contributed by atoms with van der Waals surface area (Å²) >= 11 is 5.56. The number of nitrogens with zero attached hydrogens (tertiary/aromatic N) is 2. The molecule has 0 aliphatic rings. The summed E-state index contributed by atoms with van der Waals surface area (Å²) in [7, 11) is 0. The average Bonchev–Trinajstić information content (AvgIpc) is 3.08. The number of alkyl halides is 1. The predicted octanol–water partition coefficient (Wildman–Crippen LogP) is 4.73. The third-order valence-electron chi connectivity index (χ3n) is 2.93. The van der Waals surface area contributed by atoms with Gasteiger partial charge in [-0.05, 0) is 31.2 Å². The molecular weight excluding hydrogens is 320 g/mol. The minimum Gasteiger partial charge on any atom is -0.241 e. The lowest BCUT2D eigenvalue weighted by molar-refractivity contribution is 0.880. The first-order valence-corrected chi connectivity index (χ1v) is 7.77. The quantitative estimate of drug-likeness (QED) is 0.634. The van der Waals surface area contributed by atoms with Crippen molar-refractivity contribution >= 4 is 27.3 Å². The first-order valence-electron chi connectivity index (χ1n) is 6.04. The van der Waals surface area contributed by atoms with Gasteiger partial charge in [-0.25, -0.2) is 4.68 Å². The number of rotatable bonds is 3. The lowest BCUT2D eigenvalue weighted by atomic mass is 10.2. The second kappa shape index (κ2) is 5.31. The SMILES string of the molecule is Cc1ccc(C(Br)c2cnn(-c3ccccc3)c2)s1. The number of halogens is 1. The summed E-state index contributed by atoms with van der Waals surface area (Å²) < 4.78 is 1.91. The smallest absolute Gasteiger partial charge is 0.0768 e. The first-order chi connectivity index (χ1) is 9.24. The van der Waals surface area contributed by atoms with Gasteiger partial charge >= 0.3 is 0 Å². The zero-order valence-electron chi connectivity index (χ0n) is 10.5. The molecule has 0 aliphatic heterocycles. The highest BCUT2D eigenvalue weighted by molar-refractivity contribution is 9.09. The largest absolute Gasteiger partial charge is 0.241 e. The maximum absolute atomic E-state index is 4.43. The van der Waals surface area contributed by atoms with E-state index in [9.17, 15) is 0 Å². The van der Waals surface area contributed by atoms with Crippen molar-refractivity contribution in [3.8, 4) is 5.69 Å². The van der Waals surface area contributed by atoms with Crippen LogP contribution in [-0.4, -0.2) is 9.78 Å². The average molecular weight is 333 g/mol. The van der Waals surface area contributed by atoms with Crippen LogP contribution in [-0.2, 0) is 0 Å². The molecule has 0 saturated carbocycles. The Hall–Kier alpha value is -1.39. The molecule has 0 bridgehead atoms. The maximum atomic E-state index is 4.43. The highest BCUT2D eigenvalue weighted by Gasteiger charge is 2.14. The molecule has 1 aromatic carbocycles. The number of benzene rings is 1. The van der Waals surface area contributed by atoms with E-state index in [0.29, 0.717) is 0 Å². The Kier molecular flexibility index (Phi) is 3.53. The number of aromatic nitrogens is 2. The normalized spacial score (nSPS) is 12.5. The molecule has 4 heteroatoms. The van der Waals surface area contributed by atoms with Gasteiger partial charge in [-0.1, -0.05) is 34.1 Å². The Morgan fingerprint density at radius 1 is 1.16 bits per heavy atom. The van der Waals surface area contributed by atoms with Crippen molar-refractivity contribution in [1.82, 2.24) is 9.78 Å². The molecule has 96 valence electrons. The summed E-state index contributed by atoms with van der Waals surface area (Å²) in [6.07, 6.45) is 3.99. The third kappa shape index (κ3) is 2.65. The van der Waals surface area contributed by atoms with E-state index in [0.717, 1.165) is 5.69 Å². The molecule has 2 heterocycles. The lowest BCUT2D eigenvalue weighted by Crippen LogP contribution is -1.93. The summed E-state index contributed by atoms with van der Waals surface area (Å²) in [5.41, 5.74) is 2.25. The third-order valence-corrected chi connectivity index (χ3v) is 5.32. The summed E-state index contributed by atoms with van der Waals surface area (Å²) in [5.74, 6) is 0. The topological polar surface area (TPSA) is 17.8 Å². The molecule has 1 unspecified atom stereocenters. The summed E-state index contributed by atoms with van der Waals surface area (Å²) in [4.78, 5) is 2.85. The van der Waals surface area contributed by atoms with Crippen LogP contribution in [0.5, 0.6) is 0 Å². The van der Waals surface area contributed by atoms with Crippen molar-refractivity contribution in [2.24, 2.45) is 0 Å². The van der Waals surface area contributed by atoms with E-state index in [2.05, 4.69) is 58.4 Å². The van der Waals surface area contributed by atoms with Crippen molar-refractivity contribution in [2.45, 2.75) is 11.8 Å². The molecule has 1 atom stereocenters. The molecule has 3 rings (SSSR count).